The summed E-state index contributed by atoms with van der Waals surface area (Å²) in [6.45, 7) is -0.230. The number of rotatable bonds is 6. The fourth-order valence-corrected chi connectivity index (χ4v) is 2.03. The molecule has 2 rings (SSSR count). The highest BCUT2D eigenvalue weighted by molar-refractivity contribution is 6.42. The second-order valence-corrected chi connectivity index (χ2v) is 5.24. The van der Waals surface area contributed by atoms with Gasteiger partial charge in [0, 0.05) is 11.3 Å². The zero-order chi connectivity index (χ0) is 16.7. The van der Waals surface area contributed by atoms with Crippen LogP contribution in [0.1, 0.15) is 5.56 Å². The van der Waals surface area contributed by atoms with Crippen LogP contribution in [0.25, 0.3) is 0 Å². The number of nitrogens with one attached hydrogen (secondary N) is 1. The third kappa shape index (κ3) is 5.16. The Bertz CT molecular complexity index is 720. The first kappa shape index (κ1) is 17.1. The molecule has 0 aliphatic carbocycles. The summed E-state index contributed by atoms with van der Waals surface area (Å²) in [6.07, 6.45) is 1.48. The summed E-state index contributed by atoms with van der Waals surface area (Å²) in [5.41, 5.74) is 1.28. The Balaban J connectivity index is 1.84. The van der Waals surface area contributed by atoms with E-state index >= 15 is 0 Å². The van der Waals surface area contributed by atoms with E-state index < -0.39 is 0 Å². The summed E-state index contributed by atoms with van der Waals surface area (Å²) in [4.78, 5) is 16.7. The van der Waals surface area contributed by atoms with Crippen LogP contribution in [0, 0.1) is 0 Å². The van der Waals surface area contributed by atoms with Crippen LogP contribution in [0.2, 0.25) is 10.0 Å². The van der Waals surface area contributed by atoms with E-state index in [1.165, 1.54) is 6.21 Å². The Morgan fingerprint density at radius 3 is 2.74 bits per heavy atom. The highest BCUT2D eigenvalue weighted by Crippen LogP contribution is 2.24. The van der Waals surface area contributed by atoms with E-state index in [1.54, 1.807) is 31.4 Å². The molecule has 0 saturated carbocycles. The number of anilines is 1. The van der Waals surface area contributed by atoms with Gasteiger partial charge in [-0.25, -0.2) is 0 Å². The van der Waals surface area contributed by atoms with Crippen molar-refractivity contribution in [3.05, 3.63) is 58.1 Å². The van der Waals surface area contributed by atoms with Crippen molar-refractivity contribution in [2.45, 2.75) is 0 Å². The Kier molecular flexibility index (Phi) is 6.26. The zero-order valence-electron chi connectivity index (χ0n) is 12.3. The van der Waals surface area contributed by atoms with E-state index in [4.69, 9.17) is 32.8 Å². The number of carbonyl (C=O) groups excluding carboxylic acids is 1. The van der Waals surface area contributed by atoms with Gasteiger partial charge < -0.3 is 14.9 Å². The number of benzene rings is 2. The molecular weight excluding hydrogens is 339 g/mol. The van der Waals surface area contributed by atoms with E-state index in [1.807, 2.05) is 18.2 Å². The summed E-state index contributed by atoms with van der Waals surface area (Å²) in [7, 11) is 1.57. The predicted molar refractivity (Wildman–Crippen MR) is 91.6 cm³/mol. The molecule has 0 aliphatic heterocycles. The van der Waals surface area contributed by atoms with Crippen molar-refractivity contribution in [2.24, 2.45) is 5.16 Å². The van der Waals surface area contributed by atoms with Crippen LogP contribution in [0.5, 0.6) is 5.75 Å². The van der Waals surface area contributed by atoms with Crippen LogP contribution >= 0.6 is 23.2 Å². The van der Waals surface area contributed by atoms with E-state index in [0.717, 1.165) is 5.56 Å². The molecule has 0 radical (unpaired) electrons. The lowest BCUT2D eigenvalue weighted by Crippen LogP contribution is -2.16. The smallest absolute Gasteiger partial charge is 0.265 e. The molecule has 23 heavy (non-hydrogen) atoms. The Morgan fingerprint density at radius 2 is 2.00 bits per heavy atom. The highest BCUT2D eigenvalue weighted by Gasteiger charge is 2.05. The van der Waals surface area contributed by atoms with Crippen molar-refractivity contribution in [3.8, 4) is 5.75 Å². The monoisotopic (exact) mass is 352 g/mol. The van der Waals surface area contributed by atoms with Gasteiger partial charge in [0.2, 0.25) is 0 Å². The molecule has 0 aliphatic rings. The van der Waals surface area contributed by atoms with Gasteiger partial charge in [-0.2, -0.15) is 0 Å². The molecule has 2 aromatic rings. The molecule has 5 nitrogen and oxygen atoms in total. The molecule has 0 unspecified atom stereocenters. The largest absolute Gasteiger partial charge is 0.496 e. The van der Waals surface area contributed by atoms with Crippen molar-refractivity contribution >= 4 is 41.0 Å². The lowest BCUT2D eigenvalue weighted by molar-refractivity contribution is -0.120. The van der Waals surface area contributed by atoms with Gasteiger partial charge in [-0.15, -0.1) is 0 Å². The van der Waals surface area contributed by atoms with Gasteiger partial charge in [-0.05, 0) is 30.3 Å². The molecule has 1 amide bonds. The quantitative estimate of drug-likeness (QED) is 0.631. The Hall–Kier alpha value is -2.24. The van der Waals surface area contributed by atoms with Crippen LogP contribution in [0.3, 0.4) is 0 Å². The minimum absolute atomic E-state index is 0.230. The SMILES string of the molecule is COc1ccccc1/C=N\OCC(=O)Nc1ccc(Cl)c(Cl)c1. The van der Waals surface area contributed by atoms with Crippen molar-refractivity contribution in [3.63, 3.8) is 0 Å². The summed E-state index contributed by atoms with van der Waals surface area (Å²) >= 11 is 11.7. The summed E-state index contributed by atoms with van der Waals surface area (Å²) < 4.78 is 5.17. The van der Waals surface area contributed by atoms with Crippen LogP contribution in [0.15, 0.2) is 47.6 Å². The average Bonchev–Trinajstić information content (AvgIpc) is 2.55. The minimum Gasteiger partial charge on any atom is -0.496 e. The number of nitrogens with zero attached hydrogens (tertiary/aromatic N) is 1. The summed E-state index contributed by atoms with van der Waals surface area (Å²) in [6, 6.07) is 12.1. The van der Waals surface area contributed by atoms with Gasteiger partial charge in [0.05, 0.1) is 23.4 Å². The summed E-state index contributed by atoms with van der Waals surface area (Å²) in [5.74, 6) is 0.306. The maximum Gasteiger partial charge on any atom is 0.265 e. The van der Waals surface area contributed by atoms with Gasteiger partial charge in [-0.3, -0.25) is 4.79 Å². The first-order valence-electron chi connectivity index (χ1n) is 6.63. The number of hydrogen-bond acceptors (Lipinski definition) is 4. The molecule has 0 aromatic heterocycles. The molecule has 0 bridgehead atoms. The lowest BCUT2D eigenvalue weighted by Gasteiger charge is -2.06. The van der Waals surface area contributed by atoms with Gasteiger partial charge in [-0.1, -0.05) is 40.5 Å². The molecule has 7 heteroatoms. The second kappa shape index (κ2) is 8.41. The number of halogens is 2. The molecule has 0 spiro atoms. The van der Waals surface area contributed by atoms with Gasteiger partial charge in [0.1, 0.15) is 5.75 Å². The normalized spacial score (nSPS) is 10.6. The molecule has 0 saturated heterocycles. The molecule has 0 fully saturated rings. The van der Waals surface area contributed by atoms with Crippen LogP contribution in [-0.4, -0.2) is 25.8 Å². The maximum atomic E-state index is 11.7. The Morgan fingerprint density at radius 1 is 1.22 bits per heavy atom. The Labute approximate surface area is 143 Å². The number of carbonyl (C=O) groups is 1. The molecule has 2 aromatic carbocycles. The topological polar surface area (TPSA) is 59.9 Å². The van der Waals surface area contributed by atoms with Crippen LogP contribution in [-0.2, 0) is 9.63 Å². The standard InChI is InChI=1S/C16H14Cl2N2O3/c1-22-15-5-3-2-4-11(15)9-19-23-10-16(21)20-12-6-7-13(17)14(18)8-12/h2-9H,10H2,1H3,(H,20,21)/b19-9-. The number of ether oxygens (including phenoxy) is 1. The van der Waals surface area contributed by atoms with E-state index in [0.29, 0.717) is 21.5 Å². The van der Waals surface area contributed by atoms with Crippen molar-refractivity contribution < 1.29 is 14.4 Å². The van der Waals surface area contributed by atoms with Crippen molar-refractivity contribution in [1.82, 2.24) is 0 Å². The zero-order valence-corrected chi connectivity index (χ0v) is 13.8. The minimum atomic E-state index is -0.361. The van der Waals surface area contributed by atoms with Crippen molar-refractivity contribution in [2.75, 3.05) is 19.0 Å². The third-order valence-electron chi connectivity index (χ3n) is 2.80. The number of para-hydroxylation sites is 1. The lowest BCUT2D eigenvalue weighted by atomic mass is 10.2. The van der Waals surface area contributed by atoms with E-state index in [9.17, 15) is 4.79 Å². The maximum absolute atomic E-state index is 11.7. The van der Waals surface area contributed by atoms with Crippen molar-refractivity contribution in [1.29, 1.82) is 0 Å². The first-order valence-corrected chi connectivity index (χ1v) is 7.39. The van der Waals surface area contributed by atoms with Crippen LogP contribution in [0.4, 0.5) is 5.69 Å². The number of hydrogen-bond donors (Lipinski definition) is 1. The first-order chi connectivity index (χ1) is 11.1. The van der Waals surface area contributed by atoms with Gasteiger partial charge in [0.25, 0.3) is 5.91 Å². The van der Waals surface area contributed by atoms with E-state index in [-0.39, 0.29) is 12.5 Å². The highest BCUT2D eigenvalue weighted by atomic mass is 35.5. The fraction of sp³-hybridized carbons (Fsp3) is 0.125. The second-order valence-electron chi connectivity index (χ2n) is 4.43. The molecular formula is C16H14Cl2N2O3. The van der Waals surface area contributed by atoms with E-state index in [2.05, 4.69) is 10.5 Å². The fourth-order valence-electron chi connectivity index (χ4n) is 1.73. The van der Waals surface area contributed by atoms with Gasteiger partial charge >= 0.3 is 0 Å². The molecule has 1 N–H and O–H groups in total. The molecule has 0 atom stereocenters. The number of amides is 1. The number of methoxy groups -OCH3 is 1. The van der Waals surface area contributed by atoms with Crippen LogP contribution < -0.4 is 10.1 Å². The third-order valence-corrected chi connectivity index (χ3v) is 3.54. The average molecular weight is 353 g/mol. The molecule has 0 heterocycles. The number of oxime groups is 1. The summed E-state index contributed by atoms with van der Waals surface area (Å²) in [5, 5.41) is 7.16. The molecule has 120 valence electrons. The van der Waals surface area contributed by atoms with Gasteiger partial charge in [0.15, 0.2) is 6.61 Å². The predicted octanol–water partition coefficient (Wildman–Crippen LogP) is 3.99.